The maximum absolute atomic E-state index is 7.56. The lowest BCUT2D eigenvalue weighted by atomic mass is 10.2. The first kappa shape index (κ1) is 31.5. The van der Waals surface area contributed by atoms with Crippen molar-refractivity contribution < 1.29 is 9.16 Å². The molecule has 0 atom stereocenters. The second-order valence-electron chi connectivity index (χ2n) is 12.7. The molecule has 4 heteroatoms. The van der Waals surface area contributed by atoms with Crippen LogP contribution in [-0.4, -0.2) is 15.4 Å². The van der Waals surface area contributed by atoms with Crippen molar-refractivity contribution in [1.29, 1.82) is 0 Å². The van der Waals surface area contributed by atoms with E-state index in [-0.39, 0.29) is 5.04 Å². The number of ether oxygens (including phenoxy) is 1. The first-order chi connectivity index (χ1) is 22.4. The second-order valence-corrected chi connectivity index (χ2v) is 20.4. The molecule has 0 radical (unpaired) electrons. The lowest BCUT2D eigenvalue weighted by Gasteiger charge is -2.43. The van der Waals surface area contributed by atoms with Gasteiger partial charge in [0.2, 0.25) is 0 Å². The van der Waals surface area contributed by atoms with Crippen LogP contribution in [0.3, 0.4) is 0 Å². The SMILES string of the molecule is COc1ccc(C[P+](c2ccccc2)(c2ccccc2)c2ccccc2)cc1O[Si](c1ccccc1)(c1ccccc1)C(C)(C)C. The number of hydrogen-bond donors (Lipinski definition) is 0. The fourth-order valence-corrected chi connectivity index (χ4v) is 15.4. The van der Waals surface area contributed by atoms with Crippen molar-refractivity contribution in [3.63, 3.8) is 0 Å². The summed E-state index contributed by atoms with van der Waals surface area (Å²) in [6, 6.07) is 61.3. The third-order valence-electron chi connectivity index (χ3n) is 8.92. The van der Waals surface area contributed by atoms with Crippen molar-refractivity contribution in [2.24, 2.45) is 0 Å². The monoisotopic (exact) mass is 637 g/mol. The van der Waals surface area contributed by atoms with Gasteiger partial charge in [-0.3, -0.25) is 0 Å². The van der Waals surface area contributed by atoms with E-state index in [9.17, 15) is 0 Å². The van der Waals surface area contributed by atoms with Gasteiger partial charge in [0.25, 0.3) is 0 Å². The highest BCUT2D eigenvalue weighted by atomic mass is 31.2. The Hall–Kier alpha value is -4.43. The molecule has 0 aliphatic carbocycles. The summed E-state index contributed by atoms with van der Waals surface area (Å²) in [5, 5.41) is 6.38. The van der Waals surface area contributed by atoms with Gasteiger partial charge in [0.1, 0.15) is 28.9 Å². The molecule has 230 valence electrons. The Bertz CT molecular complexity index is 1700. The molecule has 0 unspecified atom stereocenters. The lowest BCUT2D eigenvalue weighted by Crippen LogP contribution is -2.68. The van der Waals surface area contributed by atoms with E-state index in [4.69, 9.17) is 9.16 Å². The average Bonchev–Trinajstić information content (AvgIpc) is 3.11. The molecule has 0 fully saturated rings. The van der Waals surface area contributed by atoms with Crippen LogP contribution in [0.1, 0.15) is 26.3 Å². The van der Waals surface area contributed by atoms with Crippen LogP contribution >= 0.6 is 7.26 Å². The number of rotatable bonds is 10. The van der Waals surface area contributed by atoms with Gasteiger partial charge in [0.15, 0.2) is 5.75 Å². The number of methoxy groups -OCH3 is 1. The van der Waals surface area contributed by atoms with E-state index >= 15 is 0 Å². The summed E-state index contributed by atoms with van der Waals surface area (Å²) < 4.78 is 13.6. The standard InChI is InChI=1S/C42H42O2PSi/c1-42(2,3)46(38-26-16-8-17-27-38,39-28-18-9-19-29-39)44-41-32-34(30-31-40(41)43-4)33-45(35-20-10-5-11-21-35,36-22-12-6-13-23-36)37-24-14-7-15-25-37/h5-32H,33H2,1-4H3/q+1. The smallest absolute Gasteiger partial charge is 0.320 e. The van der Waals surface area contributed by atoms with Gasteiger partial charge in [0.05, 0.1) is 13.3 Å². The first-order valence-electron chi connectivity index (χ1n) is 15.9. The molecule has 0 spiro atoms. The molecule has 0 amide bonds. The number of hydrogen-bond acceptors (Lipinski definition) is 2. The molecule has 2 nitrogen and oxygen atoms in total. The zero-order valence-electron chi connectivity index (χ0n) is 27.1. The van der Waals surface area contributed by atoms with Gasteiger partial charge in [-0.2, -0.15) is 0 Å². The fraction of sp³-hybridized carbons (Fsp3) is 0.143. The summed E-state index contributed by atoms with van der Waals surface area (Å²) in [5.74, 6) is 1.54. The summed E-state index contributed by atoms with van der Waals surface area (Å²) in [6.07, 6.45) is 0.853. The third kappa shape index (κ3) is 5.94. The normalized spacial score (nSPS) is 12.0. The molecule has 0 bridgehead atoms. The van der Waals surface area contributed by atoms with E-state index in [2.05, 4.69) is 191 Å². The van der Waals surface area contributed by atoms with Gasteiger partial charge in [0, 0.05) is 0 Å². The van der Waals surface area contributed by atoms with Crippen LogP contribution in [0.15, 0.2) is 170 Å². The quantitative estimate of drug-likeness (QED) is 0.112. The van der Waals surface area contributed by atoms with E-state index in [1.54, 1.807) is 7.11 Å². The lowest BCUT2D eigenvalue weighted by molar-refractivity contribution is 0.388. The van der Waals surface area contributed by atoms with Gasteiger partial charge < -0.3 is 9.16 Å². The topological polar surface area (TPSA) is 18.5 Å². The van der Waals surface area contributed by atoms with Crippen molar-refractivity contribution in [2.75, 3.05) is 7.11 Å². The van der Waals surface area contributed by atoms with Crippen molar-refractivity contribution in [3.8, 4) is 11.5 Å². The number of benzene rings is 6. The Labute approximate surface area is 276 Å². The van der Waals surface area contributed by atoms with Crippen LogP contribution in [0.4, 0.5) is 0 Å². The molecular formula is C42H42O2PSi+. The van der Waals surface area contributed by atoms with E-state index in [1.165, 1.54) is 31.9 Å². The van der Waals surface area contributed by atoms with Crippen LogP contribution in [-0.2, 0) is 6.16 Å². The average molecular weight is 638 g/mol. The van der Waals surface area contributed by atoms with E-state index < -0.39 is 15.6 Å². The van der Waals surface area contributed by atoms with Crippen LogP contribution in [0.25, 0.3) is 0 Å². The van der Waals surface area contributed by atoms with Gasteiger partial charge in [-0.05, 0) is 69.5 Å². The Morgan fingerprint density at radius 1 is 0.500 bits per heavy atom. The highest BCUT2D eigenvalue weighted by molar-refractivity contribution is 7.95. The first-order valence-corrected chi connectivity index (χ1v) is 19.8. The zero-order valence-corrected chi connectivity index (χ0v) is 29.0. The summed E-state index contributed by atoms with van der Waals surface area (Å²) >= 11 is 0. The summed E-state index contributed by atoms with van der Waals surface area (Å²) in [6.45, 7) is 6.94. The largest absolute Gasteiger partial charge is 0.531 e. The predicted molar refractivity (Wildman–Crippen MR) is 200 cm³/mol. The minimum atomic E-state index is -2.88. The Morgan fingerprint density at radius 3 is 1.26 bits per heavy atom. The molecule has 6 aromatic carbocycles. The van der Waals surface area contributed by atoms with E-state index in [1.807, 2.05) is 0 Å². The molecule has 0 N–H and O–H groups in total. The molecule has 0 aliphatic heterocycles. The third-order valence-corrected chi connectivity index (χ3v) is 18.2. The molecular weight excluding hydrogens is 596 g/mol. The van der Waals surface area contributed by atoms with Crippen molar-refractivity contribution in [2.45, 2.75) is 32.0 Å². The second kappa shape index (κ2) is 13.5. The van der Waals surface area contributed by atoms with Gasteiger partial charge in [-0.15, -0.1) is 0 Å². The maximum Gasteiger partial charge on any atom is 0.320 e. The summed E-state index contributed by atoms with van der Waals surface area (Å²) in [7, 11) is -3.25. The predicted octanol–water partition coefficient (Wildman–Crippen LogP) is 8.13. The highest BCUT2D eigenvalue weighted by Gasteiger charge is 2.52. The molecule has 46 heavy (non-hydrogen) atoms. The van der Waals surface area contributed by atoms with E-state index in [0.29, 0.717) is 0 Å². The summed E-state index contributed by atoms with van der Waals surface area (Å²) in [4.78, 5) is 0. The molecule has 6 rings (SSSR count). The Morgan fingerprint density at radius 2 is 0.891 bits per heavy atom. The Balaban J connectivity index is 1.56. The van der Waals surface area contributed by atoms with Crippen molar-refractivity contribution in [3.05, 3.63) is 175 Å². The molecule has 6 aromatic rings. The van der Waals surface area contributed by atoms with Gasteiger partial charge in [-0.1, -0.05) is 142 Å². The van der Waals surface area contributed by atoms with Crippen LogP contribution in [0, 0.1) is 0 Å². The van der Waals surface area contributed by atoms with Gasteiger partial charge >= 0.3 is 8.32 Å². The molecule has 0 saturated carbocycles. The van der Waals surface area contributed by atoms with Gasteiger partial charge in [-0.25, -0.2) is 0 Å². The Kier molecular flexibility index (Phi) is 9.26. The van der Waals surface area contributed by atoms with Crippen LogP contribution < -0.4 is 35.4 Å². The van der Waals surface area contributed by atoms with Crippen LogP contribution in [0.5, 0.6) is 11.5 Å². The minimum Gasteiger partial charge on any atom is -0.531 e. The molecule has 0 heterocycles. The molecule has 0 aromatic heterocycles. The summed E-state index contributed by atoms with van der Waals surface area (Å²) in [5.41, 5.74) is 1.22. The molecule has 0 aliphatic rings. The minimum absolute atomic E-state index is 0.175. The fourth-order valence-electron chi connectivity index (χ4n) is 6.76. The van der Waals surface area contributed by atoms with E-state index in [0.717, 1.165) is 17.7 Å². The van der Waals surface area contributed by atoms with Crippen molar-refractivity contribution in [1.82, 2.24) is 0 Å². The highest BCUT2D eigenvalue weighted by Crippen LogP contribution is 2.58. The molecule has 0 saturated heterocycles. The van der Waals surface area contributed by atoms with Crippen molar-refractivity contribution >= 4 is 41.9 Å². The zero-order chi connectivity index (χ0) is 32.0. The van der Waals surface area contributed by atoms with Crippen LogP contribution in [0.2, 0.25) is 5.04 Å². The maximum atomic E-state index is 7.56.